The molecule has 2 nitrogen and oxygen atoms in total. The number of hydrogen-bond acceptors (Lipinski definition) is 1. The predicted octanol–water partition coefficient (Wildman–Crippen LogP) is 0.625. The first-order chi connectivity index (χ1) is 4.22. The molecule has 2 unspecified atom stereocenters. The van der Waals surface area contributed by atoms with Crippen molar-refractivity contribution in [2.75, 3.05) is 0 Å². The molecule has 2 rings (SSSR count). The number of hydrogen-bond donors (Lipinski definition) is 0. The summed E-state index contributed by atoms with van der Waals surface area (Å²) in [6.45, 7) is 4.15. The number of carbonyl (C=O) groups excluding carboxylic acids is 1. The van der Waals surface area contributed by atoms with Crippen LogP contribution in [0, 0.1) is 5.92 Å². The zero-order valence-electron chi connectivity index (χ0n) is 5.79. The van der Waals surface area contributed by atoms with Crippen molar-refractivity contribution in [3.05, 3.63) is 0 Å². The van der Waals surface area contributed by atoms with Crippen LogP contribution in [0.4, 0.5) is 0 Å². The maximum atomic E-state index is 11.0. The summed E-state index contributed by atoms with van der Waals surface area (Å²) >= 11 is 0. The number of β-lactam (4-membered cyclic amide) rings is 1. The van der Waals surface area contributed by atoms with Crippen LogP contribution >= 0.6 is 0 Å². The van der Waals surface area contributed by atoms with E-state index in [0.29, 0.717) is 23.9 Å². The number of fused-ring (bicyclic) bond motifs is 1. The molecule has 0 radical (unpaired) electrons. The summed E-state index contributed by atoms with van der Waals surface area (Å²) in [5.41, 5.74) is 0. The van der Waals surface area contributed by atoms with E-state index in [-0.39, 0.29) is 0 Å². The minimum absolute atomic E-state index is 0.384. The third-order valence-electron chi connectivity index (χ3n) is 2.24. The van der Waals surface area contributed by atoms with Crippen LogP contribution < -0.4 is 0 Å². The maximum absolute atomic E-state index is 11.0. The highest BCUT2D eigenvalue weighted by Crippen LogP contribution is 2.48. The molecular formula is C7H11NO. The molecule has 0 N–H and O–H groups in total. The number of amides is 1. The molecule has 0 aromatic rings. The van der Waals surface area contributed by atoms with Crippen LogP contribution in [0.1, 0.15) is 20.3 Å². The summed E-state index contributed by atoms with van der Waals surface area (Å²) < 4.78 is 0. The van der Waals surface area contributed by atoms with Crippen molar-refractivity contribution in [1.29, 1.82) is 0 Å². The van der Waals surface area contributed by atoms with Crippen LogP contribution in [0.5, 0.6) is 0 Å². The van der Waals surface area contributed by atoms with Gasteiger partial charge in [0, 0.05) is 12.1 Å². The highest BCUT2D eigenvalue weighted by molar-refractivity contribution is 5.90. The van der Waals surface area contributed by atoms with Gasteiger partial charge in [-0.3, -0.25) is 4.79 Å². The van der Waals surface area contributed by atoms with E-state index in [1.54, 1.807) is 0 Å². The average Bonchev–Trinajstić information content (AvgIpc) is 2.41. The zero-order chi connectivity index (χ0) is 6.59. The number of nitrogens with zero attached hydrogens (tertiary/aromatic N) is 1. The fourth-order valence-electron chi connectivity index (χ4n) is 1.66. The highest BCUT2D eigenvalue weighted by atomic mass is 16.2. The molecule has 0 spiro atoms. The summed E-state index contributed by atoms with van der Waals surface area (Å²) in [6.07, 6.45) is 1.14. The Morgan fingerprint density at radius 3 is 2.56 bits per heavy atom. The van der Waals surface area contributed by atoms with Gasteiger partial charge in [0.1, 0.15) is 0 Å². The lowest BCUT2D eigenvalue weighted by Crippen LogP contribution is -2.49. The van der Waals surface area contributed by atoms with Gasteiger partial charge in [0.2, 0.25) is 5.91 Å². The smallest absolute Gasteiger partial charge is 0.228 e. The summed E-state index contributed by atoms with van der Waals surface area (Å²) in [6, 6.07) is 1.08. The lowest BCUT2D eigenvalue weighted by Gasteiger charge is -2.33. The Bertz CT molecular complexity index is 162. The van der Waals surface area contributed by atoms with E-state index in [1.165, 1.54) is 0 Å². The zero-order valence-corrected chi connectivity index (χ0v) is 5.79. The summed E-state index contributed by atoms with van der Waals surface area (Å²) in [5, 5.41) is 0. The Kier molecular flexibility index (Phi) is 0.765. The Morgan fingerprint density at radius 1 is 1.67 bits per heavy atom. The minimum Gasteiger partial charge on any atom is -0.336 e. The van der Waals surface area contributed by atoms with Crippen LogP contribution in [-0.4, -0.2) is 22.9 Å². The monoisotopic (exact) mass is 125 g/mol. The first-order valence-electron chi connectivity index (χ1n) is 3.54. The highest BCUT2D eigenvalue weighted by Gasteiger charge is 2.60. The fraction of sp³-hybridized carbons (Fsp3) is 0.857. The number of likely N-dealkylation sites (tertiary alicyclic amines) is 1. The van der Waals surface area contributed by atoms with Gasteiger partial charge < -0.3 is 4.90 Å². The van der Waals surface area contributed by atoms with Gasteiger partial charge in [0.15, 0.2) is 0 Å². The Balaban J connectivity index is 2.07. The average molecular weight is 125 g/mol. The normalized spacial score (nSPS) is 38.6. The van der Waals surface area contributed by atoms with Crippen molar-refractivity contribution < 1.29 is 4.79 Å². The SMILES string of the molecule is CC(C)N1C(=O)C2CC21. The minimum atomic E-state index is 0.384. The molecule has 2 fully saturated rings. The molecule has 1 amide bonds. The standard InChI is InChI=1S/C7H11NO/c1-4(2)8-6-3-5(6)7(8)9/h4-6H,3H2,1-2H3. The lowest BCUT2D eigenvalue weighted by atomic mass is 10.1. The van der Waals surface area contributed by atoms with E-state index < -0.39 is 0 Å². The first-order valence-corrected chi connectivity index (χ1v) is 3.54. The molecule has 1 saturated heterocycles. The van der Waals surface area contributed by atoms with Crippen LogP contribution in [0.25, 0.3) is 0 Å². The molecule has 0 bridgehead atoms. The van der Waals surface area contributed by atoms with Crippen molar-refractivity contribution in [2.45, 2.75) is 32.4 Å². The third kappa shape index (κ3) is 0.485. The Morgan fingerprint density at radius 2 is 2.33 bits per heavy atom. The number of carbonyl (C=O) groups is 1. The van der Waals surface area contributed by atoms with Crippen LogP contribution in [-0.2, 0) is 4.79 Å². The Labute approximate surface area is 54.8 Å². The van der Waals surface area contributed by atoms with E-state index in [0.717, 1.165) is 6.42 Å². The Hall–Kier alpha value is -0.530. The van der Waals surface area contributed by atoms with Gasteiger partial charge in [-0.1, -0.05) is 0 Å². The molecule has 2 atom stereocenters. The first kappa shape index (κ1) is 5.27. The molecule has 1 saturated carbocycles. The predicted molar refractivity (Wildman–Crippen MR) is 33.9 cm³/mol. The van der Waals surface area contributed by atoms with Gasteiger partial charge in [-0.05, 0) is 20.3 Å². The second kappa shape index (κ2) is 1.31. The molecule has 1 aliphatic heterocycles. The second-order valence-electron chi connectivity index (χ2n) is 3.25. The number of rotatable bonds is 1. The van der Waals surface area contributed by atoms with Crippen molar-refractivity contribution >= 4 is 5.91 Å². The van der Waals surface area contributed by atoms with Gasteiger partial charge in [-0.25, -0.2) is 0 Å². The van der Waals surface area contributed by atoms with Gasteiger partial charge in [-0.2, -0.15) is 0 Å². The fourth-order valence-corrected chi connectivity index (χ4v) is 1.66. The molecular weight excluding hydrogens is 114 g/mol. The van der Waals surface area contributed by atoms with Gasteiger partial charge in [0.05, 0.1) is 5.92 Å². The van der Waals surface area contributed by atoms with Gasteiger partial charge in [-0.15, -0.1) is 0 Å². The van der Waals surface area contributed by atoms with Crippen molar-refractivity contribution in [2.24, 2.45) is 5.92 Å². The molecule has 50 valence electrons. The van der Waals surface area contributed by atoms with E-state index in [9.17, 15) is 4.79 Å². The summed E-state index contributed by atoms with van der Waals surface area (Å²) in [5.74, 6) is 0.836. The largest absolute Gasteiger partial charge is 0.336 e. The van der Waals surface area contributed by atoms with Gasteiger partial charge >= 0.3 is 0 Å². The van der Waals surface area contributed by atoms with Crippen molar-refractivity contribution in [3.63, 3.8) is 0 Å². The lowest BCUT2D eigenvalue weighted by molar-refractivity contribution is -0.143. The molecule has 1 aliphatic carbocycles. The van der Waals surface area contributed by atoms with Crippen LogP contribution in [0.15, 0.2) is 0 Å². The van der Waals surface area contributed by atoms with Crippen molar-refractivity contribution in [3.8, 4) is 0 Å². The van der Waals surface area contributed by atoms with E-state index >= 15 is 0 Å². The maximum Gasteiger partial charge on any atom is 0.228 e. The molecule has 2 aliphatic rings. The van der Waals surface area contributed by atoms with Crippen molar-refractivity contribution in [1.82, 2.24) is 4.90 Å². The molecule has 9 heavy (non-hydrogen) atoms. The van der Waals surface area contributed by atoms with E-state index in [1.807, 2.05) is 4.90 Å². The van der Waals surface area contributed by atoms with Gasteiger partial charge in [0.25, 0.3) is 0 Å². The second-order valence-corrected chi connectivity index (χ2v) is 3.25. The third-order valence-corrected chi connectivity index (χ3v) is 2.24. The summed E-state index contributed by atoms with van der Waals surface area (Å²) in [4.78, 5) is 13.0. The van der Waals surface area contributed by atoms with E-state index in [4.69, 9.17) is 0 Å². The van der Waals surface area contributed by atoms with Crippen LogP contribution in [0.2, 0.25) is 0 Å². The topological polar surface area (TPSA) is 20.3 Å². The molecule has 0 aromatic heterocycles. The van der Waals surface area contributed by atoms with E-state index in [2.05, 4.69) is 13.8 Å². The molecule has 0 aromatic carbocycles. The summed E-state index contributed by atoms with van der Waals surface area (Å²) in [7, 11) is 0. The van der Waals surface area contributed by atoms with Crippen LogP contribution in [0.3, 0.4) is 0 Å². The molecule has 1 heterocycles. The quantitative estimate of drug-likeness (QED) is 0.470. The molecule has 2 heteroatoms.